The highest BCUT2D eigenvalue weighted by atomic mass is 35.5. The van der Waals surface area contributed by atoms with Crippen LogP contribution in [0.2, 0.25) is 5.02 Å². The number of hydrogen-bond donors (Lipinski definition) is 1. The summed E-state index contributed by atoms with van der Waals surface area (Å²) < 4.78 is 11.4. The predicted octanol–water partition coefficient (Wildman–Crippen LogP) is 3.34. The van der Waals surface area contributed by atoms with Gasteiger partial charge in [-0.3, -0.25) is 4.79 Å². The zero-order valence-electron chi connectivity index (χ0n) is 15.0. The van der Waals surface area contributed by atoms with Gasteiger partial charge >= 0.3 is 0 Å². The van der Waals surface area contributed by atoms with E-state index in [0.29, 0.717) is 47.1 Å². The Morgan fingerprint density at radius 1 is 1.28 bits per heavy atom. The van der Waals surface area contributed by atoms with Gasteiger partial charge in [0.25, 0.3) is 5.91 Å². The summed E-state index contributed by atoms with van der Waals surface area (Å²) in [5, 5.41) is 0.416. The standard InChI is InChI=1S/C19H27ClN2O3/c1-3-7-25-18-15(20)8-13(9-17(18)24-4-2)19(23)22-10-12-5-6-16(21)14(12)11-22/h8-9,12,14,16H,3-7,10-11,21H2,1-2H3. The Labute approximate surface area is 154 Å². The van der Waals surface area contributed by atoms with Crippen LogP contribution in [0.5, 0.6) is 11.5 Å². The van der Waals surface area contributed by atoms with Crippen molar-refractivity contribution in [3.63, 3.8) is 0 Å². The van der Waals surface area contributed by atoms with E-state index < -0.39 is 0 Å². The minimum absolute atomic E-state index is 0.00788. The number of hydrogen-bond acceptors (Lipinski definition) is 4. The quantitative estimate of drug-likeness (QED) is 0.838. The fourth-order valence-corrected chi connectivity index (χ4v) is 4.22. The fourth-order valence-electron chi connectivity index (χ4n) is 3.95. The Balaban J connectivity index is 1.80. The molecule has 2 fully saturated rings. The van der Waals surface area contributed by atoms with Crippen LogP contribution in [0, 0.1) is 11.8 Å². The van der Waals surface area contributed by atoms with Gasteiger partial charge in [-0.2, -0.15) is 0 Å². The average molecular weight is 367 g/mol. The van der Waals surface area contributed by atoms with E-state index in [9.17, 15) is 4.79 Å². The van der Waals surface area contributed by atoms with Crippen molar-refractivity contribution in [1.29, 1.82) is 0 Å². The lowest BCUT2D eigenvalue weighted by Crippen LogP contribution is -2.33. The second-order valence-electron chi connectivity index (χ2n) is 6.94. The number of carbonyl (C=O) groups is 1. The Hall–Kier alpha value is -1.46. The van der Waals surface area contributed by atoms with E-state index in [1.165, 1.54) is 0 Å². The monoisotopic (exact) mass is 366 g/mol. The van der Waals surface area contributed by atoms with Crippen molar-refractivity contribution in [3.8, 4) is 11.5 Å². The largest absolute Gasteiger partial charge is 0.490 e. The van der Waals surface area contributed by atoms with Crippen LogP contribution in [0.3, 0.4) is 0 Å². The van der Waals surface area contributed by atoms with Gasteiger partial charge < -0.3 is 20.1 Å². The van der Waals surface area contributed by atoms with E-state index in [-0.39, 0.29) is 11.9 Å². The van der Waals surface area contributed by atoms with Crippen molar-refractivity contribution < 1.29 is 14.3 Å². The summed E-state index contributed by atoms with van der Waals surface area (Å²) in [5.74, 6) is 2.00. The Bertz CT molecular complexity index is 637. The molecule has 2 aliphatic rings. The van der Waals surface area contributed by atoms with Crippen molar-refractivity contribution in [2.75, 3.05) is 26.3 Å². The number of likely N-dealkylation sites (tertiary alicyclic amines) is 1. The van der Waals surface area contributed by atoms with E-state index in [0.717, 1.165) is 32.4 Å². The van der Waals surface area contributed by atoms with Crippen LogP contribution in [-0.4, -0.2) is 43.2 Å². The average Bonchev–Trinajstić information content (AvgIpc) is 3.16. The number of carbonyl (C=O) groups excluding carboxylic acids is 1. The molecule has 0 radical (unpaired) electrons. The van der Waals surface area contributed by atoms with E-state index in [2.05, 4.69) is 0 Å². The number of nitrogens with two attached hydrogens (primary N) is 1. The van der Waals surface area contributed by atoms with Gasteiger partial charge in [-0.05, 0) is 50.2 Å². The van der Waals surface area contributed by atoms with Crippen molar-refractivity contribution >= 4 is 17.5 Å². The molecule has 1 heterocycles. The van der Waals surface area contributed by atoms with Crippen molar-refractivity contribution in [2.45, 2.75) is 39.2 Å². The van der Waals surface area contributed by atoms with E-state index in [4.69, 9.17) is 26.8 Å². The number of ether oxygens (including phenoxy) is 2. The van der Waals surface area contributed by atoms with E-state index in [1.807, 2.05) is 18.7 Å². The Morgan fingerprint density at radius 3 is 2.76 bits per heavy atom. The van der Waals surface area contributed by atoms with Gasteiger partial charge in [0.2, 0.25) is 0 Å². The number of fused-ring (bicyclic) bond motifs is 1. The number of benzene rings is 1. The van der Waals surface area contributed by atoms with Crippen LogP contribution in [0.15, 0.2) is 12.1 Å². The molecule has 0 bridgehead atoms. The first kappa shape index (κ1) is 18.3. The summed E-state index contributed by atoms with van der Waals surface area (Å²) in [7, 11) is 0. The third-order valence-corrected chi connectivity index (χ3v) is 5.49. The summed E-state index contributed by atoms with van der Waals surface area (Å²) in [5.41, 5.74) is 6.73. The number of nitrogens with zero attached hydrogens (tertiary/aromatic N) is 1. The number of rotatable bonds is 6. The maximum absolute atomic E-state index is 12.9. The number of amides is 1. The molecule has 0 aromatic heterocycles. The van der Waals surface area contributed by atoms with Crippen LogP contribution in [0.1, 0.15) is 43.5 Å². The summed E-state index contributed by atoms with van der Waals surface area (Å²) in [4.78, 5) is 14.9. The Morgan fingerprint density at radius 2 is 2.08 bits per heavy atom. The molecule has 1 aliphatic heterocycles. The molecule has 138 valence electrons. The first-order valence-electron chi connectivity index (χ1n) is 9.19. The zero-order chi connectivity index (χ0) is 18.0. The summed E-state index contributed by atoms with van der Waals surface area (Å²) >= 11 is 6.38. The summed E-state index contributed by atoms with van der Waals surface area (Å²) in [6.45, 7) is 6.49. The van der Waals surface area contributed by atoms with Crippen LogP contribution in [0.25, 0.3) is 0 Å². The summed E-state index contributed by atoms with van der Waals surface area (Å²) in [6, 6.07) is 3.65. The molecular formula is C19H27ClN2O3. The minimum atomic E-state index is -0.00788. The summed E-state index contributed by atoms with van der Waals surface area (Å²) in [6.07, 6.45) is 3.06. The van der Waals surface area contributed by atoms with Gasteiger partial charge in [0.05, 0.1) is 18.2 Å². The van der Waals surface area contributed by atoms with Crippen LogP contribution in [-0.2, 0) is 0 Å². The second-order valence-corrected chi connectivity index (χ2v) is 7.35. The SMILES string of the molecule is CCCOc1c(Cl)cc(C(=O)N2CC3CCC(N)C3C2)cc1OCC. The third-order valence-electron chi connectivity index (χ3n) is 5.21. The molecule has 3 unspecified atom stereocenters. The zero-order valence-corrected chi connectivity index (χ0v) is 15.7. The molecule has 3 atom stereocenters. The normalized spacial score (nSPS) is 25.1. The molecule has 1 amide bonds. The third kappa shape index (κ3) is 3.72. The molecule has 1 aromatic rings. The molecule has 1 saturated heterocycles. The Kier molecular flexibility index (Phi) is 5.74. The minimum Gasteiger partial charge on any atom is -0.490 e. The first-order valence-corrected chi connectivity index (χ1v) is 9.56. The van der Waals surface area contributed by atoms with E-state index in [1.54, 1.807) is 12.1 Å². The lowest BCUT2D eigenvalue weighted by Gasteiger charge is -2.20. The molecule has 1 aliphatic carbocycles. The van der Waals surface area contributed by atoms with Gasteiger partial charge in [-0.15, -0.1) is 0 Å². The molecule has 5 nitrogen and oxygen atoms in total. The maximum Gasteiger partial charge on any atom is 0.254 e. The highest BCUT2D eigenvalue weighted by Crippen LogP contribution is 2.40. The highest BCUT2D eigenvalue weighted by molar-refractivity contribution is 6.32. The molecule has 2 N–H and O–H groups in total. The second kappa shape index (κ2) is 7.83. The molecule has 1 aromatic carbocycles. The van der Waals surface area contributed by atoms with Gasteiger partial charge in [0, 0.05) is 24.7 Å². The van der Waals surface area contributed by atoms with Gasteiger partial charge in [-0.25, -0.2) is 0 Å². The molecule has 6 heteroatoms. The van der Waals surface area contributed by atoms with Gasteiger partial charge in [0.15, 0.2) is 11.5 Å². The highest BCUT2D eigenvalue weighted by Gasteiger charge is 2.42. The molecule has 3 rings (SSSR count). The lowest BCUT2D eigenvalue weighted by atomic mass is 9.98. The molecular weight excluding hydrogens is 340 g/mol. The van der Waals surface area contributed by atoms with Crippen LogP contribution >= 0.6 is 11.6 Å². The van der Waals surface area contributed by atoms with Crippen molar-refractivity contribution in [2.24, 2.45) is 17.6 Å². The molecule has 0 spiro atoms. The van der Waals surface area contributed by atoms with Crippen LogP contribution in [0.4, 0.5) is 0 Å². The first-order chi connectivity index (χ1) is 12.0. The van der Waals surface area contributed by atoms with Crippen molar-refractivity contribution in [1.82, 2.24) is 4.90 Å². The lowest BCUT2D eigenvalue weighted by molar-refractivity contribution is 0.0779. The topological polar surface area (TPSA) is 64.8 Å². The smallest absolute Gasteiger partial charge is 0.254 e. The molecule has 1 saturated carbocycles. The van der Waals surface area contributed by atoms with Gasteiger partial charge in [0.1, 0.15) is 0 Å². The predicted molar refractivity (Wildman–Crippen MR) is 98.5 cm³/mol. The fraction of sp³-hybridized carbons (Fsp3) is 0.632. The maximum atomic E-state index is 12.9. The van der Waals surface area contributed by atoms with Gasteiger partial charge in [-0.1, -0.05) is 18.5 Å². The van der Waals surface area contributed by atoms with Crippen LogP contribution < -0.4 is 15.2 Å². The molecule has 25 heavy (non-hydrogen) atoms. The number of halogens is 1. The van der Waals surface area contributed by atoms with E-state index >= 15 is 0 Å². The van der Waals surface area contributed by atoms with Crippen molar-refractivity contribution in [3.05, 3.63) is 22.7 Å².